The smallest absolute Gasteiger partial charge is 0.220 e. The number of carbonyl (C=O) groups is 1. The van der Waals surface area contributed by atoms with E-state index >= 15 is 0 Å². The molecule has 0 radical (unpaired) electrons. The van der Waals surface area contributed by atoms with Gasteiger partial charge in [0.1, 0.15) is 0 Å². The van der Waals surface area contributed by atoms with Crippen LogP contribution in [0.2, 0.25) is 0 Å². The Hall–Kier alpha value is -1.86. The molecular weight excluding hydrogens is 262 g/mol. The van der Waals surface area contributed by atoms with Crippen LogP contribution in [0.15, 0.2) is 24.3 Å². The third-order valence-electron chi connectivity index (χ3n) is 4.20. The molecule has 1 aliphatic rings. The van der Waals surface area contributed by atoms with Gasteiger partial charge in [-0.15, -0.1) is 0 Å². The summed E-state index contributed by atoms with van der Waals surface area (Å²) in [5.41, 5.74) is 1.67. The van der Waals surface area contributed by atoms with Gasteiger partial charge in [0.15, 0.2) is 0 Å². The third-order valence-corrected chi connectivity index (χ3v) is 4.20. The monoisotopic (exact) mass is 285 g/mol. The standard InChI is InChI=1S/C17H23N3O/c1-20-11-3-2-4-16(20)9-10-17(21)19-13-15-7-5-14(12-18)6-8-15/h5-8,16H,2-4,9-11,13H2,1H3,(H,19,21)/t16-/m1/s1. The van der Waals surface area contributed by atoms with E-state index in [0.717, 1.165) is 18.5 Å². The number of hydrogen-bond donors (Lipinski definition) is 1. The molecule has 1 fully saturated rings. The molecule has 1 atom stereocenters. The van der Waals surface area contributed by atoms with Crippen molar-refractivity contribution in [2.75, 3.05) is 13.6 Å². The quantitative estimate of drug-likeness (QED) is 0.904. The highest BCUT2D eigenvalue weighted by Crippen LogP contribution is 2.18. The Labute approximate surface area is 126 Å². The second-order valence-corrected chi connectivity index (χ2v) is 5.75. The Morgan fingerprint density at radius 3 is 2.81 bits per heavy atom. The first-order valence-corrected chi connectivity index (χ1v) is 7.65. The minimum Gasteiger partial charge on any atom is -0.352 e. The molecule has 1 aliphatic heterocycles. The van der Waals surface area contributed by atoms with Gasteiger partial charge in [-0.25, -0.2) is 0 Å². The molecule has 0 unspecified atom stereocenters. The first kappa shape index (κ1) is 15.5. The number of benzene rings is 1. The van der Waals surface area contributed by atoms with Gasteiger partial charge in [-0.3, -0.25) is 4.79 Å². The first-order valence-electron chi connectivity index (χ1n) is 7.65. The van der Waals surface area contributed by atoms with Crippen LogP contribution in [-0.2, 0) is 11.3 Å². The molecule has 21 heavy (non-hydrogen) atoms. The Kier molecular flexibility index (Phi) is 5.77. The van der Waals surface area contributed by atoms with Crippen molar-refractivity contribution in [2.24, 2.45) is 0 Å². The van der Waals surface area contributed by atoms with Gasteiger partial charge in [-0.1, -0.05) is 18.6 Å². The van der Waals surface area contributed by atoms with Gasteiger partial charge in [0.05, 0.1) is 11.6 Å². The van der Waals surface area contributed by atoms with E-state index in [-0.39, 0.29) is 5.91 Å². The molecule has 0 bridgehead atoms. The molecule has 1 N–H and O–H groups in total. The van der Waals surface area contributed by atoms with Crippen LogP contribution in [-0.4, -0.2) is 30.4 Å². The summed E-state index contributed by atoms with van der Waals surface area (Å²) in [6.07, 6.45) is 5.29. The fourth-order valence-corrected chi connectivity index (χ4v) is 2.79. The maximum Gasteiger partial charge on any atom is 0.220 e. The molecule has 0 aliphatic carbocycles. The lowest BCUT2D eigenvalue weighted by molar-refractivity contribution is -0.121. The largest absolute Gasteiger partial charge is 0.352 e. The number of rotatable bonds is 5. The van der Waals surface area contributed by atoms with Crippen molar-refractivity contribution in [3.05, 3.63) is 35.4 Å². The molecule has 0 saturated carbocycles. The predicted molar refractivity (Wildman–Crippen MR) is 82.5 cm³/mol. The lowest BCUT2D eigenvalue weighted by atomic mass is 9.98. The van der Waals surface area contributed by atoms with Crippen LogP contribution < -0.4 is 5.32 Å². The molecule has 1 amide bonds. The molecule has 1 heterocycles. The van der Waals surface area contributed by atoms with Crippen molar-refractivity contribution in [1.29, 1.82) is 5.26 Å². The number of nitriles is 1. The van der Waals surface area contributed by atoms with E-state index in [9.17, 15) is 4.79 Å². The molecule has 1 saturated heterocycles. The molecule has 1 aromatic rings. The topological polar surface area (TPSA) is 56.1 Å². The average Bonchev–Trinajstić information content (AvgIpc) is 2.52. The van der Waals surface area contributed by atoms with Crippen LogP contribution in [0.5, 0.6) is 0 Å². The third kappa shape index (κ3) is 4.87. The summed E-state index contributed by atoms with van der Waals surface area (Å²) in [7, 11) is 2.15. The van der Waals surface area contributed by atoms with Crippen LogP contribution in [0, 0.1) is 11.3 Å². The van der Waals surface area contributed by atoms with Gasteiger partial charge >= 0.3 is 0 Å². The fourth-order valence-electron chi connectivity index (χ4n) is 2.79. The van der Waals surface area contributed by atoms with Gasteiger partial charge in [-0.2, -0.15) is 5.26 Å². The van der Waals surface area contributed by atoms with Gasteiger partial charge < -0.3 is 10.2 Å². The van der Waals surface area contributed by atoms with E-state index in [4.69, 9.17) is 5.26 Å². The maximum atomic E-state index is 11.9. The summed E-state index contributed by atoms with van der Waals surface area (Å²) in [4.78, 5) is 14.3. The van der Waals surface area contributed by atoms with Gasteiger partial charge in [0, 0.05) is 19.0 Å². The number of piperidine rings is 1. The van der Waals surface area contributed by atoms with E-state index in [2.05, 4.69) is 23.3 Å². The minimum absolute atomic E-state index is 0.110. The van der Waals surface area contributed by atoms with Gasteiger partial charge in [0.25, 0.3) is 0 Å². The highest BCUT2D eigenvalue weighted by Gasteiger charge is 2.19. The van der Waals surface area contributed by atoms with E-state index in [1.165, 1.54) is 19.3 Å². The molecular formula is C17H23N3O. The summed E-state index contributed by atoms with van der Waals surface area (Å²) < 4.78 is 0. The van der Waals surface area contributed by atoms with Crippen LogP contribution in [0.4, 0.5) is 0 Å². The molecule has 0 spiro atoms. The van der Waals surface area contributed by atoms with E-state index in [0.29, 0.717) is 24.6 Å². The van der Waals surface area contributed by atoms with Crippen molar-refractivity contribution < 1.29 is 4.79 Å². The highest BCUT2D eigenvalue weighted by molar-refractivity contribution is 5.75. The summed E-state index contributed by atoms with van der Waals surface area (Å²) in [5.74, 6) is 0.110. The van der Waals surface area contributed by atoms with E-state index in [1.54, 1.807) is 12.1 Å². The number of likely N-dealkylation sites (tertiary alicyclic amines) is 1. The lowest BCUT2D eigenvalue weighted by Crippen LogP contribution is -2.37. The summed E-state index contributed by atoms with van der Waals surface area (Å²) in [6, 6.07) is 9.96. The van der Waals surface area contributed by atoms with Gasteiger partial charge in [0.2, 0.25) is 5.91 Å². The van der Waals surface area contributed by atoms with E-state index in [1.807, 2.05) is 12.1 Å². The van der Waals surface area contributed by atoms with Crippen molar-refractivity contribution in [1.82, 2.24) is 10.2 Å². The van der Waals surface area contributed by atoms with Crippen molar-refractivity contribution in [3.8, 4) is 6.07 Å². The summed E-state index contributed by atoms with van der Waals surface area (Å²) >= 11 is 0. The Balaban J connectivity index is 1.70. The van der Waals surface area contributed by atoms with Crippen molar-refractivity contribution >= 4 is 5.91 Å². The number of nitrogens with zero attached hydrogens (tertiary/aromatic N) is 2. The van der Waals surface area contributed by atoms with Crippen LogP contribution >= 0.6 is 0 Å². The number of amides is 1. The van der Waals surface area contributed by atoms with Crippen LogP contribution in [0.1, 0.15) is 43.2 Å². The molecule has 112 valence electrons. The van der Waals surface area contributed by atoms with Crippen LogP contribution in [0.3, 0.4) is 0 Å². The normalized spacial score (nSPS) is 19.0. The first-order chi connectivity index (χ1) is 10.2. The van der Waals surface area contributed by atoms with Gasteiger partial charge in [-0.05, 0) is 50.6 Å². The maximum absolute atomic E-state index is 11.9. The Bertz CT molecular complexity index is 504. The zero-order valence-corrected chi connectivity index (χ0v) is 12.6. The molecule has 4 nitrogen and oxygen atoms in total. The van der Waals surface area contributed by atoms with Crippen molar-refractivity contribution in [3.63, 3.8) is 0 Å². The predicted octanol–water partition coefficient (Wildman–Crippen LogP) is 2.44. The highest BCUT2D eigenvalue weighted by atomic mass is 16.1. The minimum atomic E-state index is 0.110. The molecule has 1 aromatic carbocycles. The number of hydrogen-bond acceptors (Lipinski definition) is 3. The SMILES string of the molecule is CN1CCCC[C@@H]1CCC(=O)NCc1ccc(C#N)cc1. The zero-order valence-electron chi connectivity index (χ0n) is 12.6. The fraction of sp³-hybridized carbons (Fsp3) is 0.529. The number of nitrogens with one attached hydrogen (secondary N) is 1. The number of carbonyl (C=O) groups excluding carboxylic acids is 1. The average molecular weight is 285 g/mol. The Morgan fingerprint density at radius 1 is 1.38 bits per heavy atom. The molecule has 0 aromatic heterocycles. The van der Waals surface area contributed by atoms with Crippen molar-refractivity contribution in [2.45, 2.75) is 44.7 Å². The second-order valence-electron chi connectivity index (χ2n) is 5.75. The molecule has 2 rings (SSSR count). The Morgan fingerprint density at radius 2 is 2.14 bits per heavy atom. The zero-order chi connectivity index (χ0) is 15.1. The lowest BCUT2D eigenvalue weighted by Gasteiger charge is -2.32. The summed E-state index contributed by atoms with van der Waals surface area (Å²) in [5, 5.41) is 11.7. The van der Waals surface area contributed by atoms with E-state index < -0.39 is 0 Å². The second kappa shape index (κ2) is 7.80. The van der Waals surface area contributed by atoms with Crippen LogP contribution in [0.25, 0.3) is 0 Å². The molecule has 4 heteroatoms. The summed E-state index contributed by atoms with van der Waals surface area (Å²) in [6.45, 7) is 1.68.